The van der Waals surface area contributed by atoms with Crippen molar-refractivity contribution in [3.8, 4) is 0 Å². The van der Waals surface area contributed by atoms with E-state index in [9.17, 15) is 0 Å². The van der Waals surface area contributed by atoms with Crippen molar-refractivity contribution in [1.29, 1.82) is 0 Å². The van der Waals surface area contributed by atoms with Crippen molar-refractivity contribution in [3.05, 3.63) is 35.0 Å². The molecule has 3 heterocycles. The maximum absolute atomic E-state index is 5.88. The van der Waals surface area contributed by atoms with Gasteiger partial charge in [0.05, 0.1) is 11.2 Å². The van der Waals surface area contributed by atoms with Crippen LogP contribution in [0, 0.1) is 6.92 Å². The maximum Gasteiger partial charge on any atom is 0.133 e. The molecule has 26 heavy (non-hydrogen) atoms. The zero-order valence-corrected chi connectivity index (χ0v) is 16.7. The lowest BCUT2D eigenvalue weighted by Crippen LogP contribution is -2.43. The van der Waals surface area contributed by atoms with Crippen molar-refractivity contribution in [1.82, 2.24) is 25.1 Å². The number of nitrogens with zero attached hydrogens (tertiary/aromatic N) is 5. The molecule has 0 spiro atoms. The molecule has 142 valence electrons. The molecule has 1 saturated heterocycles. The highest BCUT2D eigenvalue weighted by atomic mass is 35.5. The zero-order chi connectivity index (χ0) is 18.5. The van der Waals surface area contributed by atoms with E-state index in [0.717, 1.165) is 62.8 Å². The Morgan fingerprint density at radius 2 is 2.04 bits per heavy atom. The van der Waals surface area contributed by atoms with E-state index in [1.54, 1.807) is 6.20 Å². The van der Waals surface area contributed by atoms with E-state index in [-0.39, 0.29) is 0 Å². The lowest BCUT2D eigenvalue weighted by atomic mass is 10.0. The Labute approximate surface area is 161 Å². The monoisotopic (exact) mass is 376 g/mol. The highest BCUT2D eigenvalue weighted by molar-refractivity contribution is 6.30. The van der Waals surface area contributed by atoms with E-state index in [2.05, 4.69) is 47.1 Å². The Kier molecular flexibility index (Phi) is 6.48. The second-order valence-corrected chi connectivity index (χ2v) is 7.81. The van der Waals surface area contributed by atoms with Crippen molar-refractivity contribution >= 4 is 17.4 Å². The van der Waals surface area contributed by atoms with Gasteiger partial charge in [0, 0.05) is 49.6 Å². The molecule has 6 nitrogen and oxygen atoms in total. The van der Waals surface area contributed by atoms with Crippen LogP contribution >= 0.6 is 11.6 Å². The average Bonchev–Trinajstić information content (AvgIpc) is 3.04. The van der Waals surface area contributed by atoms with Crippen molar-refractivity contribution < 1.29 is 0 Å². The summed E-state index contributed by atoms with van der Waals surface area (Å²) >= 11 is 5.88. The molecule has 7 heteroatoms. The Bertz CT molecular complexity index is 706. The minimum absolute atomic E-state index is 0.359. The van der Waals surface area contributed by atoms with Crippen LogP contribution < -0.4 is 10.2 Å². The molecular weight excluding hydrogens is 348 g/mol. The second-order valence-electron chi connectivity index (χ2n) is 7.37. The van der Waals surface area contributed by atoms with Gasteiger partial charge >= 0.3 is 0 Å². The molecule has 2 aromatic heterocycles. The van der Waals surface area contributed by atoms with Gasteiger partial charge in [-0.2, -0.15) is 5.10 Å². The van der Waals surface area contributed by atoms with E-state index < -0.39 is 0 Å². The zero-order valence-electron chi connectivity index (χ0n) is 16.0. The van der Waals surface area contributed by atoms with Crippen LogP contribution in [0.15, 0.2) is 18.5 Å². The highest BCUT2D eigenvalue weighted by Crippen LogP contribution is 2.21. The Hall–Kier alpha value is -1.66. The molecule has 1 aliphatic heterocycles. The van der Waals surface area contributed by atoms with E-state index in [1.165, 1.54) is 0 Å². The third-order valence-corrected chi connectivity index (χ3v) is 4.99. The van der Waals surface area contributed by atoms with E-state index in [4.69, 9.17) is 16.6 Å². The van der Waals surface area contributed by atoms with Crippen LogP contribution in [0.3, 0.4) is 0 Å². The molecule has 2 aromatic rings. The van der Waals surface area contributed by atoms with Crippen LogP contribution in [0.2, 0.25) is 5.02 Å². The molecular formula is C19H29ClN6. The quantitative estimate of drug-likeness (QED) is 0.750. The highest BCUT2D eigenvalue weighted by Gasteiger charge is 2.20. The first-order valence-electron chi connectivity index (χ1n) is 9.53. The van der Waals surface area contributed by atoms with Gasteiger partial charge in [0.1, 0.15) is 11.6 Å². The summed E-state index contributed by atoms with van der Waals surface area (Å²) in [7, 11) is 0. The van der Waals surface area contributed by atoms with Crippen LogP contribution in [-0.4, -0.2) is 45.4 Å². The van der Waals surface area contributed by atoms with Crippen molar-refractivity contribution in [2.45, 2.75) is 58.5 Å². The average molecular weight is 377 g/mol. The summed E-state index contributed by atoms with van der Waals surface area (Å²) in [5.74, 6) is 2.38. The van der Waals surface area contributed by atoms with Crippen LogP contribution in [0.1, 0.15) is 50.5 Å². The molecule has 0 atom stereocenters. The topological polar surface area (TPSA) is 58.9 Å². The van der Waals surface area contributed by atoms with Gasteiger partial charge in [-0.1, -0.05) is 25.4 Å². The minimum atomic E-state index is 0.359. The molecule has 1 fully saturated rings. The summed E-state index contributed by atoms with van der Waals surface area (Å²) in [6.45, 7) is 10.3. The van der Waals surface area contributed by atoms with Crippen LogP contribution in [0.25, 0.3) is 0 Å². The van der Waals surface area contributed by atoms with Gasteiger partial charge < -0.3 is 10.2 Å². The lowest BCUT2D eigenvalue weighted by Gasteiger charge is -2.33. The number of hydrogen-bond acceptors (Lipinski definition) is 5. The fraction of sp³-hybridized carbons (Fsp3) is 0.632. The van der Waals surface area contributed by atoms with E-state index in [1.807, 2.05) is 10.9 Å². The number of halogens is 1. The summed E-state index contributed by atoms with van der Waals surface area (Å²) in [5.41, 5.74) is 1.05. The number of aryl methyl sites for hydroxylation is 2. The molecule has 0 aromatic carbocycles. The Morgan fingerprint density at radius 1 is 1.27 bits per heavy atom. The lowest BCUT2D eigenvalue weighted by molar-refractivity contribution is 0.403. The fourth-order valence-electron chi connectivity index (χ4n) is 3.32. The number of rotatable bonds is 7. The van der Waals surface area contributed by atoms with Crippen molar-refractivity contribution in [3.63, 3.8) is 0 Å². The van der Waals surface area contributed by atoms with Crippen molar-refractivity contribution in [2.24, 2.45) is 0 Å². The Morgan fingerprint density at radius 3 is 2.69 bits per heavy atom. The molecule has 0 aliphatic carbocycles. The standard InChI is InChI=1S/C19H29ClN6/c1-14(2)19-23-15(3)11-18(24-19)25-9-5-17(6-10-25)21-7-4-8-26-13-16(20)12-22-26/h11-14,17,21H,4-10H2,1-3H3. The van der Waals surface area contributed by atoms with Gasteiger partial charge in [-0.15, -0.1) is 0 Å². The molecule has 0 radical (unpaired) electrons. The summed E-state index contributed by atoms with van der Waals surface area (Å²) in [5, 5.41) is 8.59. The largest absolute Gasteiger partial charge is 0.356 e. The molecule has 3 rings (SSSR count). The van der Waals surface area contributed by atoms with Gasteiger partial charge in [-0.05, 0) is 32.7 Å². The minimum Gasteiger partial charge on any atom is -0.356 e. The van der Waals surface area contributed by atoms with E-state index in [0.29, 0.717) is 17.0 Å². The number of nitrogens with one attached hydrogen (secondary N) is 1. The van der Waals surface area contributed by atoms with Crippen LogP contribution in [0.4, 0.5) is 5.82 Å². The third kappa shape index (κ3) is 5.17. The van der Waals surface area contributed by atoms with Crippen molar-refractivity contribution in [2.75, 3.05) is 24.5 Å². The smallest absolute Gasteiger partial charge is 0.133 e. The predicted molar refractivity (Wildman–Crippen MR) is 106 cm³/mol. The summed E-state index contributed by atoms with van der Waals surface area (Å²) in [4.78, 5) is 11.7. The molecule has 1 aliphatic rings. The van der Waals surface area contributed by atoms with Gasteiger partial charge in [-0.3, -0.25) is 4.68 Å². The van der Waals surface area contributed by atoms with Crippen LogP contribution in [0.5, 0.6) is 0 Å². The molecule has 1 N–H and O–H groups in total. The summed E-state index contributed by atoms with van der Waals surface area (Å²) in [6.07, 6.45) is 6.90. The number of aromatic nitrogens is 4. The normalized spacial score (nSPS) is 15.8. The molecule has 0 unspecified atom stereocenters. The van der Waals surface area contributed by atoms with Gasteiger partial charge in [0.2, 0.25) is 0 Å². The first kappa shape index (κ1) is 19.1. The van der Waals surface area contributed by atoms with Gasteiger partial charge in [0.25, 0.3) is 0 Å². The molecule has 0 amide bonds. The fourth-order valence-corrected chi connectivity index (χ4v) is 3.47. The second kappa shape index (κ2) is 8.82. The number of anilines is 1. The summed E-state index contributed by atoms with van der Waals surface area (Å²) in [6, 6.07) is 2.69. The predicted octanol–water partition coefficient (Wildman–Crippen LogP) is 3.41. The van der Waals surface area contributed by atoms with Gasteiger partial charge in [0.15, 0.2) is 0 Å². The summed E-state index contributed by atoms with van der Waals surface area (Å²) < 4.78 is 1.90. The SMILES string of the molecule is Cc1cc(N2CCC(NCCCn3cc(Cl)cn3)CC2)nc(C(C)C)n1. The van der Waals surface area contributed by atoms with E-state index >= 15 is 0 Å². The number of piperidine rings is 1. The van der Waals surface area contributed by atoms with Crippen LogP contribution in [-0.2, 0) is 6.54 Å². The molecule has 0 bridgehead atoms. The Balaban J connectivity index is 1.42. The first-order chi connectivity index (χ1) is 12.5. The maximum atomic E-state index is 5.88. The molecule has 0 saturated carbocycles. The van der Waals surface area contributed by atoms with Gasteiger partial charge in [-0.25, -0.2) is 9.97 Å². The number of hydrogen-bond donors (Lipinski definition) is 1. The first-order valence-corrected chi connectivity index (χ1v) is 9.91. The third-order valence-electron chi connectivity index (χ3n) is 4.79.